The lowest BCUT2D eigenvalue weighted by atomic mass is 9.86. The van der Waals surface area contributed by atoms with Crippen LogP contribution in [0, 0.1) is 11.8 Å². The lowest BCUT2D eigenvalue weighted by Gasteiger charge is -2.20. The number of hydrogen-bond donors (Lipinski definition) is 0. The van der Waals surface area contributed by atoms with E-state index in [1.54, 1.807) is 59.1 Å². The van der Waals surface area contributed by atoms with Gasteiger partial charge in [0.1, 0.15) is 0 Å². The summed E-state index contributed by atoms with van der Waals surface area (Å²) in [7, 11) is -2.72. The second-order valence-corrected chi connectivity index (χ2v) is 29.9. The molecule has 0 radical (unpaired) electrons. The summed E-state index contributed by atoms with van der Waals surface area (Å²) in [6.45, 7) is 24.7. The Hall–Kier alpha value is -0.506. The summed E-state index contributed by atoms with van der Waals surface area (Å²) in [4.78, 5) is 0. The summed E-state index contributed by atoms with van der Waals surface area (Å²) in [5, 5.41) is 3.35. The van der Waals surface area contributed by atoms with Crippen molar-refractivity contribution in [3.8, 4) is 0 Å². The Labute approximate surface area is 274 Å². The highest BCUT2D eigenvalue weighted by atomic mass is 32.1. The van der Waals surface area contributed by atoms with Gasteiger partial charge in [0, 0.05) is 29.6 Å². The third-order valence-electron chi connectivity index (χ3n) is 9.43. The Bertz CT molecular complexity index is 1540. The van der Waals surface area contributed by atoms with Crippen molar-refractivity contribution in [2.75, 3.05) is 0 Å². The fourth-order valence-corrected chi connectivity index (χ4v) is 16.0. The first-order valence-corrected chi connectivity index (χ1v) is 27.0. The third kappa shape index (κ3) is 6.42. The molecule has 0 bridgehead atoms. The number of thiophene rings is 4. The second kappa shape index (κ2) is 13.1. The first-order valence-electron chi connectivity index (χ1n) is 16.8. The van der Waals surface area contributed by atoms with E-state index in [-0.39, 0.29) is 0 Å². The van der Waals surface area contributed by atoms with Crippen molar-refractivity contribution < 1.29 is 0 Å². The van der Waals surface area contributed by atoms with Gasteiger partial charge in [-0.05, 0) is 56.9 Å². The molecule has 4 aromatic heterocycles. The minimum absolute atomic E-state index is 0.777. The zero-order valence-corrected chi connectivity index (χ0v) is 33.3. The van der Waals surface area contributed by atoms with Gasteiger partial charge in [-0.3, -0.25) is 0 Å². The smallest absolute Gasteiger partial charge is 0.0904 e. The van der Waals surface area contributed by atoms with Crippen LogP contribution in [0.1, 0.15) is 90.2 Å². The summed E-state index contributed by atoms with van der Waals surface area (Å²) in [6, 6.07) is 5.23. The minimum atomic E-state index is -1.36. The third-order valence-corrected chi connectivity index (χ3v) is 21.5. The maximum atomic E-state index is 2.62. The Morgan fingerprint density at radius 2 is 0.929 bits per heavy atom. The van der Waals surface area contributed by atoms with Gasteiger partial charge < -0.3 is 0 Å². The molecule has 0 nitrogen and oxygen atoms in total. The largest absolute Gasteiger partial charge is 0.143 e. The van der Waals surface area contributed by atoms with Crippen LogP contribution in [0.4, 0.5) is 0 Å². The zero-order valence-electron chi connectivity index (χ0n) is 28.0. The second-order valence-electron chi connectivity index (χ2n) is 14.9. The van der Waals surface area contributed by atoms with Gasteiger partial charge in [0.05, 0.1) is 25.5 Å². The molecule has 5 aromatic rings. The topological polar surface area (TPSA) is 0 Å². The van der Waals surface area contributed by atoms with Gasteiger partial charge in [-0.1, -0.05) is 118 Å². The first-order chi connectivity index (χ1) is 19.9. The minimum Gasteiger partial charge on any atom is -0.143 e. The van der Waals surface area contributed by atoms with Gasteiger partial charge in [0.25, 0.3) is 0 Å². The molecule has 0 amide bonds. The van der Waals surface area contributed by atoms with Crippen molar-refractivity contribution in [2.24, 2.45) is 11.8 Å². The fraction of sp³-hybridized carbons (Fsp3) is 0.611. The predicted molar refractivity (Wildman–Crippen MR) is 208 cm³/mol. The highest BCUT2D eigenvalue weighted by Gasteiger charge is 2.29. The Balaban J connectivity index is 1.86. The van der Waals surface area contributed by atoms with Crippen LogP contribution in [0.5, 0.6) is 0 Å². The molecule has 1 aromatic carbocycles. The van der Waals surface area contributed by atoms with Crippen LogP contribution in [0.25, 0.3) is 39.0 Å². The standard InChI is InChI=1S/C36H54S4Si2/c1-11-15-17-23(13-3)19-25-31-34(38-27-21-29(39-35(27)31)41(5,6)7)26(20-24(14-4)18-16-12-2)32-33(25)37-28-22-30(40-36(28)32)42(8,9)10/h21-24H,11-20H2,1-10H3. The van der Waals surface area contributed by atoms with Gasteiger partial charge in [0.15, 0.2) is 0 Å². The zero-order chi connectivity index (χ0) is 30.4. The first kappa shape index (κ1) is 32.9. The molecule has 2 unspecified atom stereocenters. The van der Waals surface area contributed by atoms with Crippen molar-refractivity contribution >= 4 is 109 Å². The van der Waals surface area contributed by atoms with E-state index in [4.69, 9.17) is 0 Å². The quantitative estimate of drug-likeness (QED) is 0.103. The van der Waals surface area contributed by atoms with Gasteiger partial charge in [0.2, 0.25) is 0 Å². The molecule has 6 heteroatoms. The molecule has 4 heterocycles. The molecule has 0 fully saturated rings. The summed E-state index contributed by atoms with van der Waals surface area (Å²) in [5.74, 6) is 1.55. The molecule has 42 heavy (non-hydrogen) atoms. The maximum Gasteiger partial charge on any atom is 0.0904 e. The van der Waals surface area contributed by atoms with E-state index < -0.39 is 16.1 Å². The molecule has 0 saturated heterocycles. The van der Waals surface area contributed by atoms with E-state index in [9.17, 15) is 0 Å². The van der Waals surface area contributed by atoms with Crippen LogP contribution in [0.2, 0.25) is 39.3 Å². The Morgan fingerprint density at radius 3 is 1.24 bits per heavy atom. The van der Waals surface area contributed by atoms with E-state index in [1.165, 1.54) is 64.2 Å². The van der Waals surface area contributed by atoms with Crippen molar-refractivity contribution in [3.05, 3.63) is 23.3 Å². The Morgan fingerprint density at radius 1 is 0.548 bits per heavy atom. The molecular weight excluding hydrogens is 617 g/mol. The monoisotopic (exact) mass is 670 g/mol. The van der Waals surface area contributed by atoms with E-state index in [1.807, 2.05) is 0 Å². The van der Waals surface area contributed by atoms with Gasteiger partial charge in [-0.15, -0.1) is 45.3 Å². The molecule has 5 rings (SSSR count). The number of unbranched alkanes of at least 4 members (excludes halogenated alkanes) is 2. The normalized spacial score (nSPS) is 14.7. The van der Waals surface area contributed by atoms with Gasteiger partial charge in [-0.25, -0.2) is 0 Å². The Kier molecular flexibility index (Phi) is 10.2. The summed E-state index contributed by atoms with van der Waals surface area (Å²) < 4.78 is 13.1. The lowest BCUT2D eigenvalue weighted by Crippen LogP contribution is -2.34. The molecule has 230 valence electrons. The average Bonchev–Trinajstić information content (AvgIpc) is 3.68. The highest BCUT2D eigenvalue weighted by Crippen LogP contribution is 2.51. The van der Waals surface area contributed by atoms with Crippen molar-refractivity contribution in [3.63, 3.8) is 0 Å². The van der Waals surface area contributed by atoms with Crippen LogP contribution in [-0.4, -0.2) is 16.1 Å². The van der Waals surface area contributed by atoms with E-state index in [0.717, 1.165) is 11.8 Å². The molecule has 2 atom stereocenters. The van der Waals surface area contributed by atoms with Crippen LogP contribution >= 0.6 is 45.3 Å². The summed E-state index contributed by atoms with van der Waals surface area (Å²) in [5.41, 5.74) is 3.43. The predicted octanol–water partition coefficient (Wildman–Crippen LogP) is 13.2. The lowest BCUT2D eigenvalue weighted by molar-refractivity contribution is 0.450. The summed E-state index contributed by atoms with van der Waals surface area (Å²) >= 11 is 8.64. The van der Waals surface area contributed by atoms with Gasteiger partial charge in [-0.2, -0.15) is 0 Å². The number of fused-ring (bicyclic) bond motifs is 6. The molecule has 0 saturated carbocycles. The van der Waals surface area contributed by atoms with Gasteiger partial charge >= 0.3 is 0 Å². The van der Waals surface area contributed by atoms with Crippen LogP contribution < -0.4 is 9.00 Å². The van der Waals surface area contributed by atoms with Crippen molar-refractivity contribution in [1.29, 1.82) is 0 Å². The molecule has 0 spiro atoms. The van der Waals surface area contributed by atoms with E-state index in [2.05, 4.69) is 124 Å². The maximum absolute atomic E-state index is 2.62. The number of benzene rings is 1. The molecule has 0 aliphatic rings. The average molecular weight is 671 g/mol. The molecule has 0 aliphatic heterocycles. The number of rotatable bonds is 14. The van der Waals surface area contributed by atoms with Crippen molar-refractivity contribution in [2.45, 2.75) is 131 Å². The van der Waals surface area contributed by atoms with Crippen LogP contribution in [0.15, 0.2) is 12.1 Å². The molecular formula is C36H54S4Si2. The SMILES string of the molecule is CCCCC(CC)Cc1c2sc3cc([Si](C)(C)C)sc3c2c(CC(CC)CCCC)c2sc3cc([Si](C)(C)C)sc3c12. The van der Waals surface area contributed by atoms with Crippen molar-refractivity contribution in [1.82, 2.24) is 0 Å². The molecule has 0 N–H and O–H groups in total. The van der Waals surface area contributed by atoms with E-state index >= 15 is 0 Å². The summed E-state index contributed by atoms with van der Waals surface area (Å²) in [6.07, 6.45) is 13.1. The van der Waals surface area contributed by atoms with Crippen LogP contribution in [0.3, 0.4) is 0 Å². The molecule has 0 aliphatic carbocycles. The van der Waals surface area contributed by atoms with Crippen LogP contribution in [-0.2, 0) is 12.8 Å². The highest BCUT2D eigenvalue weighted by molar-refractivity contribution is 7.40. The fourth-order valence-electron chi connectivity index (χ4n) is 6.57. The number of hydrogen-bond acceptors (Lipinski definition) is 4. The van der Waals surface area contributed by atoms with E-state index in [0.29, 0.717) is 0 Å².